The average Bonchev–Trinajstić information content (AvgIpc) is 2.16. The highest BCUT2D eigenvalue weighted by atomic mass is 32.4. The van der Waals surface area contributed by atoms with Crippen molar-refractivity contribution < 1.29 is 4.52 Å². The number of nitrogens with zero attached hydrogens (tertiary/aromatic N) is 1. The molecule has 0 aromatic carbocycles. The lowest BCUT2D eigenvalue weighted by molar-refractivity contribution is 0.362. The molecule has 0 bridgehead atoms. The smallest absolute Gasteiger partial charge is 0.131 e. The van der Waals surface area contributed by atoms with Crippen LogP contribution < -0.4 is 0 Å². The van der Waals surface area contributed by atoms with Crippen molar-refractivity contribution >= 4 is 18.2 Å². The Labute approximate surface area is 61.3 Å². The van der Waals surface area contributed by atoms with E-state index in [4.69, 9.17) is 16.3 Å². The van der Waals surface area contributed by atoms with Crippen molar-refractivity contribution in [2.45, 2.75) is 6.42 Å². The zero-order chi connectivity index (χ0) is 6.91. The zero-order valence-electron chi connectivity index (χ0n) is 5.83. The standard InChI is InChI=1S/C5H12NOPS/c1-6(2)8(9)5-3-4-7-8/h3-5H2,1-2H3. The van der Waals surface area contributed by atoms with E-state index in [9.17, 15) is 0 Å². The van der Waals surface area contributed by atoms with Crippen LogP contribution in [0.25, 0.3) is 0 Å². The summed E-state index contributed by atoms with van der Waals surface area (Å²) in [7, 11) is 4.01. The summed E-state index contributed by atoms with van der Waals surface area (Å²) in [4.78, 5) is 0. The quantitative estimate of drug-likeness (QED) is 0.543. The van der Waals surface area contributed by atoms with E-state index in [0.717, 1.165) is 19.2 Å². The van der Waals surface area contributed by atoms with E-state index >= 15 is 0 Å². The van der Waals surface area contributed by atoms with Crippen LogP contribution in [-0.4, -0.2) is 31.5 Å². The molecular formula is C5H12NOPS. The van der Waals surface area contributed by atoms with E-state index in [2.05, 4.69) is 4.67 Å². The first kappa shape index (κ1) is 7.67. The minimum absolute atomic E-state index is 0.870. The van der Waals surface area contributed by atoms with Gasteiger partial charge in [0.25, 0.3) is 0 Å². The highest BCUT2D eigenvalue weighted by Crippen LogP contribution is 2.53. The van der Waals surface area contributed by atoms with Crippen LogP contribution in [0, 0.1) is 0 Å². The van der Waals surface area contributed by atoms with Gasteiger partial charge in [-0.1, -0.05) is 11.8 Å². The van der Waals surface area contributed by atoms with E-state index in [1.165, 1.54) is 0 Å². The Hall–Kier alpha value is 0.570. The molecule has 2 nitrogen and oxygen atoms in total. The predicted octanol–water partition coefficient (Wildman–Crippen LogP) is 1.28. The lowest BCUT2D eigenvalue weighted by atomic mass is 10.5. The normalized spacial score (nSPS) is 35.9. The molecule has 0 aliphatic carbocycles. The summed E-state index contributed by atoms with van der Waals surface area (Å²) < 4.78 is 7.52. The van der Waals surface area contributed by atoms with E-state index in [-0.39, 0.29) is 0 Å². The molecule has 4 heteroatoms. The van der Waals surface area contributed by atoms with E-state index in [1.807, 2.05) is 14.1 Å². The Kier molecular flexibility index (Phi) is 2.27. The van der Waals surface area contributed by atoms with Gasteiger partial charge in [0.1, 0.15) is 6.42 Å². The van der Waals surface area contributed by atoms with Gasteiger partial charge in [-0.3, -0.25) is 4.67 Å². The number of hydrogen-bond donors (Lipinski definition) is 0. The summed E-state index contributed by atoms with van der Waals surface area (Å²) in [5.74, 6) is 0. The van der Waals surface area contributed by atoms with Gasteiger partial charge in [-0.05, 0) is 20.5 Å². The topological polar surface area (TPSA) is 12.5 Å². The molecule has 54 valence electrons. The first-order chi connectivity index (χ1) is 4.15. The van der Waals surface area contributed by atoms with Gasteiger partial charge in [-0.25, -0.2) is 0 Å². The summed E-state index contributed by atoms with van der Waals surface area (Å²) in [5, 5.41) is 0. The molecule has 1 rings (SSSR count). The average molecular weight is 165 g/mol. The Morgan fingerprint density at radius 1 is 1.56 bits per heavy atom. The second-order valence-corrected chi connectivity index (χ2v) is 6.89. The van der Waals surface area contributed by atoms with Crippen LogP contribution in [-0.2, 0) is 16.3 Å². The van der Waals surface area contributed by atoms with Crippen LogP contribution in [0.2, 0.25) is 0 Å². The van der Waals surface area contributed by atoms with Crippen LogP contribution in [0.5, 0.6) is 0 Å². The molecule has 0 amide bonds. The minimum atomic E-state index is -1.48. The van der Waals surface area contributed by atoms with Gasteiger partial charge in [0, 0.05) is 6.16 Å². The zero-order valence-corrected chi connectivity index (χ0v) is 7.54. The first-order valence-corrected chi connectivity index (χ1v) is 5.92. The Morgan fingerprint density at radius 2 is 2.22 bits per heavy atom. The van der Waals surface area contributed by atoms with Crippen molar-refractivity contribution in [2.24, 2.45) is 0 Å². The van der Waals surface area contributed by atoms with Crippen molar-refractivity contribution in [3.63, 3.8) is 0 Å². The van der Waals surface area contributed by atoms with Crippen molar-refractivity contribution in [1.29, 1.82) is 0 Å². The molecule has 1 unspecified atom stereocenters. The van der Waals surface area contributed by atoms with Gasteiger partial charge in [0.2, 0.25) is 0 Å². The molecule has 0 radical (unpaired) electrons. The lowest BCUT2D eigenvalue weighted by Crippen LogP contribution is -2.07. The summed E-state index contributed by atoms with van der Waals surface area (Å²) in [6.45, 7) is 0.870. The Morgan fingerprint density at radius 3 is 2.44 bits per heavy atom. The molecule has 0 saturated carbocycles. The second-order valence-electron chi connectivity index (χ2n) is 2.40. The molecule has 0 spiro atoms. The van der Waals surface area contributed by atoms with E-state index in [0.29, 0.717) is 0 Å². The summed E-state index contributed by atoms with van der Waals surface area (Å²) in [6.07, 6.45) is 0.766. The third-order valence-corrected chi connectivity index (χ3v) is 6.02. The monoisotopic (exact) mass is 165 g/mol. The molecule has 1 aliphatic rings. The number of hydrogen-bond acceptors (Lipinski definition) is 2. The Balaban J connectivity index is 2.62. The second kappa shape index (κ2) is 2.67. The molecule has 1 atom stereocenters. The fraction of sp³-hybridized carbons (Fsp3) is 1.00. The molecule has 0 N–H and O–H groups in total. The maximum atomic E-state index is 5.45. The third kappa shape index (κ3) is 1.53. The highest BCUT2D eigenvalue weighted by molar-refractivity contribution is 8.11. The van der Waals surface area contributed by atoms with Crippen molar-refractivity contribution in [3.8, 4) is 0 Å². The molecule has 1 heterocycles. The highest BCUT2D eigenvalue weighted by Gasteiger charge is 2.25. The molecule has 1 fully saturated rings. The molecule has 0 aromatic heterocycles. The predicted molar refractivity (Wildman–Crippen MR) is 43.4 cm³/mol. The van der Waals surface area contributed by atoms with Crippen molar-refractivity contribution in [3.05, 3.63) is 0 Å². The van der Waals surface area contributed by atoms with Crippen LogP contribution in [0.3, 0.4) is 0 Å². The largest absolute Gasteiger partial charge is 0.338 e. The fourth-order valence-electron chi connectivity index (χ4n) is 0.852. The van der Waals surface area contributed by atoms with Gasteiger partial charge in [0.05, 0.1) is 6.61 Å². The van der Waals surface area contributed by atoms with E-state index in [1.54, 1.807) is 0 Å². The SMILES string of the molecule is CN(C)P1(=S)CCCO1. The van der Waals surface area contributed by atoms with Crippen molar-refractivity contribution in [2.75, 3.05) is 26.9 Å². The summed E-state index contributed by atoms with van der Waals surface area (Å²) >= 11 is 5.31. The van der Waals surface area contributed by atoms with Gasteiger partial charge in [0.15, 0.2) is 0 Å². The Bertz CT molecular complexity index is 138. The minimum Gasteiger partial charge on any atom is -0.338 e. The van der Waals surface area contributed by atoms with Crippen LogP contribution in [0.15, 0.2) is 0 Å². The first-order valence-electron chi connectivity index (χ1n) is 3.06. The lowest BCUT2D eigenvalue weighted by Gasteiger charge is -2.21. The number of rotatable bonds is 1. The molecular weight excluding hydrogens is 153 g/mol. The van der Waals surface area contributed by atoms with Crippen LogP contribution >= 0.6 is 6.42 Å². The maximum absolute atomic E-state index is 5.45. The fourth-order valence-corrected chi connectivity index (χ4v) is 3.17. The van der Waals surface area contributed by atoms with Gasteiger partial charge >= 0.3 is 0 Å². The molecule has 0 aromatic rings. The molecule has 9 heavy (non-hydrogen) atoms. The van der Waals surface area contributed by atoms with Gasteiger partial charge < -0.3 is 4.52 Å². The van der Waals surface area contributed by atoms with E-state index < -0.39 is 6.42 Å². The van der Waals surface area contributed by atoms with Crippen LogP contribution in [0.1, 0.15) is 6.42 Å². The van der Waals surface area contributed by atoms with Gasteiger partial charge in [-0.15, -0.1) is 0 Å². The van der Waals surface area contributed by atoms with Crippen LogP contribution in [0.4, 0.5) is 0 Å². The summed E-state index contributed by atoms with van der Waals surface area (Å²) in [5.41, 5.74) is 0. The van der Waals surface area contributed by atoms with Gasteiger partial charge in [-0.2, -0.15) is 0 Å². The maximum Gasteiger partial charge on any atom is 0.131 e. The summed E-state index contributed by atoms with van der Waals surface area (Å²) in [6, 6.07) is 0. The molecule has 1 aliphatic heterocycles. The molecule has 1 saturated heterocycles. The third-order valence-electron chi connectivity index (χ3n) is 1.49. The van der Waals surface area contributed by atoms with Crippen molar-refractivity contribution in [1.82, 2.24) is 4.67 Å².